The summed E-state index contributed by atoms with van der Waals surface area (Å²) < 4.78 is 5.84. The van der Waals surface area contributed by atoms with E-state index in [2.05, 4.69) is 20.9 Å². The molecule has 24 heavy (non-hydrogen) atoms. The molecule has 0 unspecified atom stereocenters. The number of nitrogens with zero attached hydrogens (tertiary/aromatic N) is 2. The van der Waals surface area contributed by atoms with E-state index >= 15 is 0 Å². The van der Waals surface area contributed by atoms with Gasteiger partial charge in [0.05, 0.1) is 29.7 Å². The maximum absolute atomic E-state index is 12.8. The number of carbonyl (C=O) groups excluding carboxylic acids is 2. The predicted octanol–water partition coefficient (Wildman–Crippen LogP) is 3.66. The molecule has 1 amide bonds. The summed E-state index contributed by atoms with van der Waals surface area (Å²) in [4.78, 5) is 31.4. The number of carbonyl (C=O) groups is 2. The Labute approximate surface area is 153 Å². The van der Waals surface area contributed by atoms with E-state index in [9.17, 15) is 9.59 Å². The number of amidine groups is 1. The largest absolute Gasteiger partial charge is 0.466 e. The Morgan fingerprint density at radius 1 is 1.46 bits per heavy atom. The fourth-order valence-electron chi connectivity index (χ4n) is 2.95. The molecule has 1 fully saturated rings. The smallest absolute Gasteiger partial charge is 0.338 e. The number of allylic oxidation sites excluding steroid dienone is 1. The minimum atomic E-state index is -0.515. The minimum Gasteiger partial charge on any atom is -0.466 e. The number of hydrogen-bond acceptors (Lipinski definition) is 5. The number of rotatable bonds is 3. The van der Waals surface area contributed by atoms with Gasteiger partial charge in [0.15, 0.2) is 5.17 Å². The second kappa shape index (κ2) is 6.72. The molecule has 2 heterocycles. The number of methoxy groups -OCH3 is 1. The van der Waals surface area contributed by atoms with Crippen molar-refractivity contribution in [3.8, 4) is 0 Å². The first kappa shape index (κ1) is 17.2. The Bertz CT molecular complexity index is 775. The zero-order valence-electron chi connectivity index (χ0n) is 13.6. The topological polar surface area (TPSA) is 59.0 Å². The number of halogens is 1. The number of thioether (sulfide) groups is 1. The van der Waals surface area contributed by atoms with Crippen LogP contribution in [-0.4, -0.2) is 34.3 Å². The maximum Gasteiger partial charge on any atom is 0.338 e. The first-order chi connectivity index (χ1) is 11.5. The van der Waals surface area contributed by atoms with Crippen LogP contribution in [-0.2, 0) is 14.3 Å². The molecule has 0 spiro atoms. The molecule has 1 saturated heterocycles. The average molecular weight is 409 g/mol. The Balaban J connectivity index is 2.17. The quantitative estimate of drug-likeness (QED) is 0.715. The first-order valence-corrected chi connectivity index (χ1v) is 9.28. The van der Waals surface area contributed by atoms with Crippen LogP contribution >= 0.6 is 27.7 Å². The third kappa shape index (κ3) is 2.80. The molecule has 1 aromatic rings. The van der Waals surface area contributed by atoms with Crippen molar-refractivity contribution in [3.05, 3.63) is 45.6 Å². The van der Waals surface area contributed by atoms with Gasteiger partial charge in [-0.1, -0.05) is 46.7 Å². The molecule has 2 aliphatic rings. The van der Waals surface area contributed by atoms with Crippen LogP contribution < -0.4 is 0 Å². The zero-order chi connectivity index (χ0) is 17.4. The van der Waals surface area contributed by atoms with Crippen molar-refractivity contribution < 1.29 is 14.3 Å². The molecule has 2 atom stereocenters. The van der Waals surface area contributed by atoms with Crippen LogP contribution in [0.15, 0.2) is 45.0 Å². The molecule has 1 aromatic carbocycles. The van der Waals surface area contributed by atoms with Crippen molar-refractivity contribution in [1.82, 2.24) is 4.90 Å². The number of fused-ring (bicyclic) bond motifs is 1. The van der Waals surface area contributed by atoms with Crippen LogP contribution in [0, 0.1) is 0 Å². The highest BCUT2D eigenvalue weighted by atomic mass is 79.9. The fourth-order valence-corrected chi connectivity index (χ4v) is 4.50. The van der Waals surface area contributed by atoms with E-state index in [0.29, 0.717) is 16.4 Å². The number of ether oxygens (including phenoxy) is 1. The van der Waals surface area contributed by atoms with Crippen LogP contribution in [0.1, 0.15) is 31.9 Å². The summed E-state index contributed by atoms with van der Waals surface area (Å²) in [5, 5.41) is 0.491. The third-order valence-corrected chi connectivity index (χ3v) is 5.90. The van der Waals surface area contributed by atoms with E-state index in [0.717, 1.165) is 16.5 Å². The average Bonchev–Trinajstić information content (AvgIpc) is 2.88. The van der Waals surface area contributed by atoms with Gasteiger partial charge in [-0.25, -0.2) is 9.79 Å². The van der Waals surface area contributed by atoms with Gasteiger partial charge in [0, 0.05) is 4.47 Å². The SMILES string of the molecule is CC[C@@H]1SC2=NC(C)=C(C(=O)OC)[C@@H](c3cccc(Br)c3)N2C1=O. The Hall–Kier alpha value is -1.60. The van der Waals surface area contributed by atoms with Crippen molar-refractivity contribution in [2.75, 3.05) is 7.11 Å². The van der Waals surface area contributed by atoms with Gasteiger partial charge in [0.25, 0.3) is 0 Å². The van der Waals surface area contributed by atoms with E-state index in [4.69, 9.17) is 4.74 Å². The van der Waals surface area contributed by atoms with Crippen LogP contribution in [0.2, 0.25) is 0 Å². The molecule has 7 heteroatoms. The third-order valence-electron chi connectivity index (χ3n) is 4.09. The van der Waals surface area contributed by atoms with Gasteiger partial charge in [0.1, 0.15) is 0 Å². The first-order valence-electron chi connectivity index (χ1n) is 7.60. The molecule has 0 radical (unpaired) electrons. The highest BCUT2D eigenvalue weighted by Crippen LogP contribution is 2.44. The summed E-state index contributed by atoms with van der Waals surface area (Å²) >= 11 is 4.92. The lowest BCUT2D eigenvalue weighted by molar-refractivity contribution is -0.137. The molecular formula is C17H17BrN2O3S. The van der Waals surface area contributed by atoms with Crippen molar-refractivity contribution in [3.63, 3.8) is 0 Å². The summed E-state index contributed by atoms with van der Waals surface area (Å²) in [7, 11) is 1.34. The molecule has 0 aliphatic carbocycles. The summed E-state index contributed by atoms with van der Waals surface area (Å²) in [6.45, 7) is 3.76. The fraction of sp³-hybridized carbons (Fsp3) is 0.353. The van der Waals surface area contributed by atoms with Crippen molar-refractivity contribution >= 4 is 44.7 Å². The second-order valence-corrected chi connectivity index (χ2v) is 7.65. The summed E-state index contributed by atoms with van der Waals surface area (Å²) in [5.41, 5.74) is 1.85. The highest BCUT2D eigenvalue weighted by Gasteiger charge is 2.47. The molecule has 0 N–H and O–H groups in total. The molecular weight excluding hydrogens is 392 g/mol. The van der Waals surface area contributed by atoms with E-state index in [1.807, 2.05) is 31.2 Å². The normalized spacial score (nSPS) is 23.2. The lowest BCUT2D eigenvalue weighted by atomic mass is 9.94. The van der Waals surface area contributed by atoms with Crippen molar-refractivity contribution in [2.24, 2.45) is 4.99 Å². The molecule has 126 valence electrons. The molecule has 2 aliphatic heterocycles. The number of esters is 1. The van der Waals surface area contributed by atoms with Crippen LogP contribution in [0.3, 0.4) is 0 Å². The van der Waals surface area contributed by atoms with E-state index < -0.39 is 12.0 Å². The standard InChI is InChI=1S/C17H17BrN2O3S/c1-4-12-15(21)20-14(10-6-5-7-11(18)8-10)13(16(22)23-3)9(2)19-17(20)24-12/h5-8,12,14H,4H2,1-3H3/t12-,14+/m0/s1. The van der Waals surface area contributed by atoms with Gasteiger partial charge >= 0.3 is 5.97 Å². The highest BCUT2D eigenvalue weighted by molar-refractivity contribution is 9.10. The number of amides is 1. The van der Waals surface area contributed by atoms with Crippen molar-refractivity contribution in [2.45, 2.75) is 31.6 Å². The van der Waals surface area contributed by atoms with E-state index in [1.165, 1.54) is 18.9 Å². The van der Waals surface area contributed by atoms with Crippen LogP contribution in [0.25, 0.3) is 0 Å². The Kier molecular flexibility index (Phi) is 4.83. The Morgan fingerprint density at radius 2 is 2.21 bits per heavy atom. The van der Waals surface area contributed by atoms with Gasteiger partial charge in [-0.15, -0.1) is 0 Å². The van der Waals surface area contributed by atoms with Gasteiger partial charge in [-0.3, -0.25) is 9.69 Å². The molecule has 3 rings (SSSR count). The lowest BCUT2D eigenvalue weighted by Gasteiger charge is -2.33. The molecule has 0 aromatic heterocycles. The molecule has 5 nitrogen and oxygen atoms in total. The second-order valence-electron chi connectivity index (χ2n) is 5.57. The van der Waals surface area contributed by atoms with Crippen LogP contribution in [0.4, 0.5) is 0 Å². The van der Waals surface area contributed by atoms with Crippen LogP contribution in [0.5, 0.6) is 0 Å². The lowest BCUT2D eigenvalue weighted by Crippen LogP contribution is -2.40. The van der Waals surface area contributed by atoms with Gasteiger partial charge < -0.3 is 4.74 Å². The number of hydrogen-bond donors (Lipinski definition) is 0. The summed E-state index contributed by atoms with van der Waals surface area (Å²) in [5.74, 6) is -0.474. The Morgan fingerprint density at radius 3 is 2.83 bits per heavy atom. The summed E-state index contributed by atoms with van der Waals surface area (Å²) in [6.07, 6.45) is 0.719. The van der Waals surface area contributed by atoms with Crippen molar-refractivity contribution in [1.29, 1.82) is 0 Å². The molecule has 0 bridgehead atoms. The predicted molar refractivity (Wildman–Crippen MR) is 97.6 cm³/mol. The summed E-state index contributed by atoms with van der Waals surface area (Å²) in [6, 6.07) is 7.11. The monoisotopic (exact) mass is 408 g/mol. The number of benzene rings is 1. The number of aliphatic imine (C=N–C) groups is 1. The molecule has 0 saturated carbocycles. The zero-order valence-corrected chi connectivity index (χ0v) is 16.0. The minimum absolute atomic E-state index is 0.0138. The maximum atomic E-state index is 12.8. The van der Waals surface area contributed by atoms with Gasteiger partial charge in [0.2, 0.25) is 5.91 Å². The van der Waals surface area contributed by atoms with E-state index in [1.54, 1.807) is 11.8 Å². The van der Waals surface area contributed by atoms with Gasteiger partial charge in [-0.2, -0.15) is 0 Å². The van der Waals surface area contributed by atoms with E-state index in [-0.39, 0.29) is 11.2 Å². The van der Waals surface area contributed by atoms with Gasteiger partial charge in [-0.05, 0) is 31.0 Å².